The molecule has 7 heteroatoms. The van der Waals surface area contributed by atoms with Gasteiger partial charge in [0.25, 0.3) is 0 Å². The van der Waals surface area contributed by atoms with E-state index in [1.165, 1.54) is 6.07 Å². The van der Waals surface area contributed by atoms with Crippen molar-refractivity contribution in [2.24, 2.45) is 7.05 Å². The Hall–Kier alpha value is -1.86. The summed E-state index contributed by atoms with van der Waals surface area (Å²) in [4.78, 5) is 0.168. The molecule has 1 heterocycles. The third-order valence-corrected chi connectivity index (χ3v) is 3.98. The monoisotopic (exact) mass is 280 g/mol. The molecule has 0 aliphatic heterocycles. The second kappa shape index (κ2) is 5.02. The van der Waals surface area contributed by atoms with Crippen LogP contribution in [-0.2, 0) is 23.6 Å². The predicted molar refractivity (Wildman–Crippen MR) is 72.8 cm³/mol. The third kappa shape index (κ3) is 3.33. The molecular weight excluding hydrogens is 264 g/mol. The van der Waals surface area contributed by atoms with Crippen LogP contribution in [0.2, 0.25) is 0 Å². The largest absolute Gasteiger partial charge is 0.399 e. The molecule has 1 aromatic heterocycles. The molecular formula is C12H16N4O2S. The Morgan fingerprint density at radius 1 is 1.37 bits per heavy atom. The van der Waals surface area contributed by atoms with E-state index in [1.807, 2.05) is 0 Å². The van der Waals surface area contributed by atoms with Crippen LogP contribution >= 0.6 is 0 Å². The van der Waals surface area contributed by atoms with E-state index in [1.54, 1.807) is 43.0 Å². The summed E-state index contributed by atoms with van der Waals surface area (Å²) >= 11 is 0. The lowest BCUT2D eigenvalue weighted by Gasteiger charge is -2.07. The number of rotatable bonds is 4. The molecule has 0 fully saturated rings. The van der Waals surface area contributed by atoms with Crippen molar-refractivity contribution < 1.29 is 8.42 Å². The van der Waals surface area contributed by atoms with Crippen molar-refractivity contribution in [2.45, 2.75) is 18.4 Å². The number of nitrogens with zero attached hydrogens (tertiary/aromatic N) is 2. The standard InChI is InChI=1S/C12H16N4O2S/c1-9-5-10(13)7-12(6-9)19(17,18)14-8-11-3-4-16(2)15-11/h3-7,14H,8,13H2,1-2H3. The lowest BCUT2D eigenvalue weighted by molar-refractivity contribution is 0.579. The molecule has 0 atom stereocenters. The number of nitrogen functional groups attached to an aromatic ring is 1. The smallest absolute Gasteiger partial charge is 0.241 e. The van der Waals surface area contributed by atoms with Crippen LogP contribution in [0, 0.1) is 6.92 Å². The normalized spacial score (nSPS) is 11.7. The molecule has 1 aromatic carbocycles. The summed E-state index contributed by atoms with van der Waals surface area (Å²) in [6.07, 6.45) is 1.76. The zero-order valence-electron chi connectivity index (χ0n) is 10.8. The van der Waals surface area contributed by atoms with E-state index in [0.29, 0.717) is 11.4 Å². The molecule has 102 valence electrons. The van der Waals surface area contributed by atoms with Crippen molar-refractivity contribution in [3.63, 3.8) is 0 Å². The van der Waals surface area contributed by atoms with Crippen molar-refractivity contribution in [2.75, 3.05) is 5.73 Å². The average molecular weight is 280 g/mol. The van der Waals surface area contributed by atoms with Gasteiger partial charge in [0.05, 0.1) is 17.1 Å². The van der Waals surface area contributed by atoms with Gasteiger partial charge in [0, 0.05) is 18.9 Å². The topological polar surface area (TPSA) is 90.0 Å². The molecule has 6 nitrogen and oxygen atoms in total. The van der Waals surface area contributed by atoms with Gasteiger partial charge in [-0.05, 0) is 36.8 Å². The van der Waals surface area contributed by atoms with Crippen LogP contribution in [0.1, 0.15) is 11.3 Å². The summed E-state index contributed by atoms with van der Waals surface area (Å²) in [7, 11) is -1.80. The molecule has 0 aliphatic carbocycles. The molecule has 0 bridgehead atoms. The number of nitrogens with two attached hydrogens (primary N) is 1. The zero-order chi connectivity index (χ0) is 14.0. The maximum absolute atomic E-state index is 12.1. The van der Waals surface area contributed by atoms with Gasteiger partial charge in [-0.1, -0.05) is 0 Å². The first-order valence-electron chi connectivity index (χ1n) is 5.72. The maximum atomic E-state index is 12.1. The van der Waals surface area contributed by atoms with E-state index in [4.69, 9.17) is 5.73 Å². The molecule has 0 unspecified atom stereocenters. The van der Waals surface area contributed by atoms with Gasteiger partial charge in [0.2, 0.25) is 10.0 Å². The minimum absolute atomic E-state index is 0.150. The van der Waals surface area contributed by atoms with Gasteiger partial charge in [0.15, 0.2) is 0 Å². The van der Waals surface area contributed by atoms with Gasteiger partial charge in [0.1, 0.15) is 0 Å². The SMILES string of the molecule is Cc1cc(N)cc(S(=O)(=O)NCc2ccn(C)n2)c1. The van der Waals surface area contributed by atoms with E-state index in [9.17, 15) is 8.42 Å². The number of benzene rings is 1. The highest BCUT2D eigenvalue weighted by Crippen LogP contribution is 2.16. The van der Waals surface area contributed by atoms with Gasteiger partial charge in [-0.15, -0.1) is 0 Å². The summed E-state index contributed by atoms with van der Waals surface area (Å²) in [5.74, 6) is 0. The fraction of sp³-hybridized carbons (Fsp3) is 0.250. The van der Waals surface area contributed by atoms with Crippen LogP contribution in [0.15, 0.2) is 35.4 Å². The van der Waals surface area contributed by atoms with Crippen LogP contribution in [0.25, 0.3) is 0 Å². The molecule has 0 saturated carbocycles. The van der Waals surface area contributed by atoms with E-state index in [-0.39, 0.29) is 11.4 Å². The number of aromatic nitrogens is 2. The highest BCUT2D eigenvalue weighted by Gasteiger charge is 2.15. The Bertz CT molecular complexity index is 671. The maximum Gasteiger partial charge on any atom is 0.241 e. The molecule has 0 saturated heterocycles. The first-order chi connectivity index (χ1) is 8.87. The van der Waals surface area contributed by atoms with Crippen LogP contribution in [-0.4, -0.2) is 18.2 Å². The number of nitrogens with one attached hydrogen (secondary N) is 1. The lowest BCUT2D eigenvalue weighted by Crippen LogP contribution is -2.23. The van der Waals surface area contributed by atoms with Gasteiger partial charge >= 0.3 is 0 Å². The third-order valence-electron chi connectivity index (χ3n) is 2.60. The van der Waals surface area contributed by atoms with Crippen molar-refractivity contribution in [3.05, 3.63) is 41.7 Å². The molecule has 0 radical (unpaired) electrons. The molecule has 3 N–H and O–H groups in total. The molecule has 0 spiro atoms. The second-order valence-corrected chi connectivity index (χ2v) is 6.15. The van der Waals surface area contributed by atoms with Crippen molar-refractivity contribution in [3.8, 4) is 0 Å². The summed E-state index contributed by atoms with van der Waals surface area (Å²) in [6, 6.07) is 6.50. The highest BCUT2D eigenvalue weighted by atomic mass is 32.2. The zero-order valence-corrected chi connectivity index (χ0v) is 11.6. The van der Waals surface area contributed by atoms with Crippen molar-refractivity contribution in [1.29, 1.82) is 0 Å². The summed E-state index contributed by atoms with van der Waals surface area (Å²) < 4.78 is 28.4. The lowest BCUT2D eigenvalue weighted by atomic mass is 10.2. The second-order valence-electron chi connectivity index (χ2n) is 4.38. The van der Waals surface area contributed by atoms with Crippen molar-refractivity contribution >= 4 is 15.7 Å². The van der Waals surface area contributed by atoms with Gasteiger partial charge in [-0.3, -0.25) is 4.68 Å². The molecule has 0 aliphatic rings. The van der Waals surface area contributed by atoms with Gasteiger partial charge in [-0.2, -0.15) is 5.10 Å². The number of sulfonamides is 1. The summed E-state index contributed by atoms with van der Waals surface area (Å²) in [5, 5.41) is 4.11. The fourth-order valence-corrected chi connectivity index (χ4v) is 2.88. The predicted octanol–water partition coefficient (Wildman–Crippen LogP) is 0.789. The van der Waals surface area contributed by atoms with Gasteiger partial charge in [-0.25, -0.2) is 13.1 Å². The Labute approximate surface area is 112 Å². The Morgan fingerprint density at radius 2 is 2.11 bits per heavy atom. The van der Waals surface area contributed by atoms with Crippen LogP contribution in [0.4, 0.5) is 5.69 Å². The van der Waals surface area contributed by atoms with Crippen LogP contribution in [0.3, 0.4) is 0 Å². The number of aryl methyl sites for hydroxylation is 2. The highest BCUT2D eigenvalue weighted by molar-refractivity contribution is 7.89. The molecule has 19 heavy (non-hydrogen) atoms. The average Bonchev–Trinajstić information content (AvgIpc) is 2.71. The number of hydrogen-bond acceptors (Lipinski definition) is 4. The van der Waals surface area contributed by atoms with E-state index < -0.39 is 10.0 Å². The Kier molecular flexibility index (Phi) is 3.59. The quantitative estimate of drug-likeness (QED) is 0.810. The van der Waals surface area contributed by atoms with Gasteiger partial charge < -0.3 is 5.73 Å². The Balaban J connectivity index is 2.18. The molecule has 2 aromatic rings. The van der Waals surface area contributed by atoms with E-state index in [0.717, 1.165) is 5.56 Å². The van der Waals surface area contributed by atoms with Crippen LogP contribution < -0.4 is 10.5 Å². The minimum atomic E-state index is -3.57. The van der Waals surface area contributed by atoms with Crippen LogP contribution in [0.5, 0.6) is 0 Å². The summed E-state index contributed by atoms with van der Waals surface area (Å²) in [6.45, 7) is 1.95. The number of anilines is 1. The first kappa shape index (κ1) is 13.6. The van der Waals surface area contributed by atoms with Crippen molar-refractivity contribution in [1.82, 2.24) is 14.5 Å². The molecule has 2 rings (SSSR count). The van der Waals surface area contributed by atoms with E-state index >= 15 is 0 Å². The molecule has 0 amide bonds. The fourth-order valence-electron chi connectivity index (χ4n) is 1.74. The minimum Gasteiger partial charge on any atom is -0.399 e. The number of hydrogen-bond donors (Lipinski definition) is 2. The Morgan fingerprint density at radius 3 is 2.68 bits per heavy atom. The first-order valence-corrected chi connectivity index (χ1v) is 7.20. The summed E-state index contributed by atoms with van der Waals surface area (Å²) in [5.41, 5.74) is 7.55. The van der Waals surface area contributed by atoms with E-state index in [2.05, 4.69) is 9.82 Å².